The number of carbonyl (C=O) groups excluding carboxylic acids is 1. The first kappa shape index (κ1) is 22.4. The van der Waals surface area contributed by atoms with Crippen molar-refractivity contribution in [2.75, 3.05) is 20.2 Å². The molecule has 1 N–H and O–H groups in total. The summed E-state index contributed by atoms with van der Waals surface area (Å²) in [5.41, 5.74) is 2.00. The number of rotatable bonds is 8. The largest absolute Gasteiger partial charge is 0.496 e. The summed E-state index contributed by atoms with van der Waals surface area (Å²) in [7, 11) is 1.70. The average molecular weight is 454 g/mol. The number of likely N-dealkylation sites (tertiary alicyclic amines) is 1. The van der Waals surface area contributed by atoms with Crippen LogP contribution in [0.4, 0.5) is 0 Å². The van der Waals surface area contributed by atoms with E-state index in [4.69, 9.17) is 20.8 Å². The molecule has 1 aromatic heterocycles. The van der Waals surface area contributed by atoms with Gasteiger partial charge < -0.3 is 14.5 Å². The molecule has 0 aliphatic carbocycles. The fraction of sp³-hybridized carbons (Fsp3) is 0.360. The lowest BCUT2D eigenvalue weighted by atomic mass is 10.0. The number of methoxy groups -OCH3 is 1. The predicted molar refractivity (Wildman–Crippen MR) is 125 cm³/mol. The zero-order valence-electron chi connectivity index (χ0n) is 18.2. The fourth-order valence-corrected chi connectivity index (χ4v) is 4.27. The number of aromatic nitrogens is 1. The lowest BCUT2D eigenvalue weighted by Gasteiger charge is -2.32. The molecule has 3 aromatic rings. The zero-order chi connectivity index (χ0) is 22.3. The highest BCUT2D eigenvalue weighted by atomic mass is 35.5. The quantitative estimate of drug-likeness (QED) is 0.534. The van der Waals surface area contributed by atoms with Gasteiger partial charge in [-0.05, 0) is 31.0 Å². The molecular weight excluding hydrogens is 426 g/mol. The van der Waals surface area contributed by atoms with Gasteiger partial charge in [-0.3, -0.25) is 9.69 Å². The average Bonchev–Trinajstić information content (AvgIpc) is 3.28. The van der Waals surface area contributed by atoms with Crippen LogP contribution in [0, 0.1) is 0 Å². The number of carbonyl (C=O) groups is 1. The first-order chi connectivity index (χ1) is 15.6. The Morgan fingerprint density at radius 1 is 1.19 bits per heavy atom. The summed E-state index contributed by atoms with van der Waals surface area (Å²) in [6, 6.07) is 15.8. The van der Waals surface area contributed by atoms with Crippen LogP contribution in [0.5, 0.6) is 5.75 Å². The molecule has 6 nitrogen and oxygen atoms in total. The molecule has 1 fully saturated rings. The number of nitrogens with zero attached hydrogens (tertiary/aromatic N) is 2. The van der Waals surface area contributed by atoms with Gasteiger partial charge in [0.15, 0.2) is 11.7 Å². The summed E-state index contributed by atoms with van der Waals surface area (Å²) in [6.07, 6.45) is 4.35. The maximum absolute atomic E-state index is 12.4. The molecule has 1 saturated heterocycles. The Kier molecular flexibility index (Phi) is 7.45. The van der Waals surface area contributed by atoms with E-state index in [0.717, 1.165) is 43.8 Å². The van der Waals surface area contributed by atoms with Gasteiger partial charge in [-0.2, -0.15) is 0 Å². The van der Waals surface area contributed by atoms with E-state index in [1.807, 2.05) is 42.5 Å². The molecule has 0 bridgehead atoms. The number of benzene rings is 2. The Balaban J connectivity index is 1.21. The molecule has 0 unspecified atom stereocenters. The highest BCUT2D eigenvalue weighted by molar-refractivity contribution is 6.33. The smallest absolute Gasteiger partial charge is 0.220 e. The van der Waals surface area contributed by atoms with Crippen molar-refractivity contribution in [3.8, 4) is 17.1 Å². The van der Waals surface area contributed by atoms with Crippen molar-refractivity contribution in [3.63, 3.8) is 0 Å². The van der Waals surface area contributed by atoms with Crippen LogP contribution in [0.2, 0.25) is 5.02 Å². The van der Waals surface area contributed by atoms with Gasteiger partial charge in [0.2, 0.25) is 5.91 Å². The highest BCUT2D eigenvalue weighted by Crippen LogP contribution is 2.28. The fourth-order valence-electron chi connectivity index (χ4n) is 4.04. The highest BCUT2D eigenvalue weighted by Gasteiger charge is 2.21. The van der Waals surface area contributed by atoms with Crippen molar-refractivity contribution in [3.05, 3.63) is 71.2 Å². The van der Waals surface area contributed by atoms with Crippen LogP contribution in [-0.4, -0.2) is 42.0 Å². The van der Waals surface area contributed by atoms with Gasteiger partial charge in [0.25, 0.3) is 0 Å². The van der Waals surface area contributed by atoms with Crippen molar-refractivity contribution in [1.29, 1.82) is 0 Å². The molecule has 0 saturated carbocycles. The summed E-state index contributed by atoms with van der Waals surface area (Å²) in [5.74, 6) is 2.12. The van der Waals surface area contributed by atoms with E-state index in [1.165, 1.54) is 5.56 Å². The van der Waals surface area contributed by atoms with Crippen molar-refractivity contribution >= 4 is 17.5 Å². The number of amides is 1. The molecule has 0 radical (unpaired) electrons. The topological polar surface area (TPSA) is 67.6 Å². The summed E-state index contributed by atoms with van der Waals surface area (Å²) < 4.78 is 11.2. The first-order valence-corrected chi connectivity index (χ1v) is 11.3. The third kappa shape index (κ3) is 5.69. The molecular formula is C25H28ClN3O3. The summed E-state index contributed by atoms with van der Waals surface area (Å²) in [6.45, 7) is 2.76. The molecule has 0 atom stereocenters. The minimum absolute atomic E-state index is 0.0330. The number of hydrogen-bond donors (Lipinski definition) is 1. The van der Waals surface area contributed by atoms with Crippen molar-refractivity contribution < 1.29 is 13.9 Å². The van der Waals surface area contributed by atoms with E-state index in [0.29, 0.717) is 29.5 Å². The maximum atomic E-state index is 12.4. The SMILES string of the molecule is COc1ccccc1CN1CCC(NC(=O)CCc2ncc(-c3ccccc3Cl)o2)CC1. The number of para-hydroxylation sites is 1. The Morgan fingerprint density at radius 2 is 1.94 bits per heavy atom. The van der Waals surface area contributed by atoms with Crippen molar-refractivity contribution in [1.82, 2.24) is 15.2 Å². The molecule has 1 amide bonds. The number of hydrogen-bond acceptors (Lipinski definition) is 5. The number of nitrogens with one attached hydrogen (secondary N) is 1. The molecule has 2 heterocycles. The second kappa shape index (κ2) is 10.7. The Bertz CT molecular complexity index is 1040. The van der Waals surface area contributed by atoms with Gasteiger partial charge in [0.1, 0.15) is 5.75 Å². The second-order valence-corrected chi connectivity index (χ2v) is 8.44. The van der Waals surface area contributed by atoms with E-state index >= 15 is 0 Å². The lowest BCUT2D eigenvalue weighted by molar-refractivity contribution is -0.122. The van der Waals surface area contributed by atoms with E-state index in [2.05, 4.69) is 21.3 Å². The summed E-state index contributed by atoms with van der Waals surface area (Å²) in [4.78, 5) is 19.1. The Morgan fingerprint density at radius 3 is 2.72 bits per heavy atom. The standard InChI is InChI=1S/C25H28ClN3O3/c1-31-22-9-5-2-6-18(22)17-29-14-12-19(13-15-29)28-24(30)10-11-25-27-16-23(32-25)20-7-3-4-8-21(20)26/h2-9,16,19H,10-15,17H2,1H3,(H,28,30). The van der Waals surface area contributed by atoms with Crippen LogP contribution in [0.3, 0.4) is 0 Å². The van der Waals surface area contributed by atoms with E-state index in [1.54, 1.807) is 13.3 Å². The van der Waals surface area contributed by atoms with Gasteiger partial charge in [-0.25, -0.2) is 4.98 Å². The molecule has 32 heavy (non-hydrogen) atoms. The molecule has 0 spiro atoms. The molecule has 1 aliphatic heterocycles. The molecule has 7 heteroatoms. The minimum atomic E-state index is 0.0330. The second-order valence-electron chi connectivity index (χ2n) is 8.03. The monoisotopic (exact) mass is 453 g/mol. The normalized spacial score (nSPS) is 14.9. The van der Waals surface area contributed by atoms with Crippen LogP contribution in [0.15, 0.2) is 59.1 Å². The predicted octanol–water partition coefficient (Wildman–Crippen LogP) is 4.72. The first-order valence-electron chi connectivity index (χ1n) is 11.0. The van der Waals surface area contributed by atoms with Crippen LogP contribution in [-0.2, 0) is 17.8 Å². The number of halogens is 1. The number of aryl methyl sites for hydroxylation is 1. The summed E-state index contributed by atoms with van der Waals surface area (Å²) in [5, 5.41) is 3.78. The minimum Gasteiger partial charge on any atom is -0.496 e. The third-order valence-corrected chi connectivity index (χ3v) is 6.13. The van der Waals surface area contributed by atoms with Crippen LogP contribution >= 0.6 is 11.6 Å². The molecule has 168 valence electrons. The third-order valence-electron chi connectivity index (χ3n) is 5.80. The summed E-state index contributed by atoms with van der Waals surface area (Å²) >= 11 is 6.21. The van der Waals surface area contributed by atoms with Gasteiger partial charge >= 0.3 is 0 Å². The maximum Gasteiger partial charge on any atom is 0.220 e. The lowest BCUT2D eigenvalue weighted by Crippen LogP contribution is -2.44. The van der Waals surface area contributed by atoms with Crippen LogP contribution in [0.25, 0.3) is 11.3 Å². The van der Waals surface area contributed by atoms with Crippen LogP contribution < -0.4 is 10.1 Å². The molecule has 4 rings (SSSR count). The number of ether oxygens (including phenoxy) is 1. The van der Waals surface area contributed by atoms with Crippen molar-refractivity contribution in [2.24, 2.45) is 0 Å². The number of oxazole rings is 1. The molecule has 2 aromatic carbocycles. The van der Waals surface area contributed by atoms with Crippen molar-refractivity contribution in [2.45, 2.75) is 38.3 Å². The van der Waals surface area contributed by atoms with E-state index in [9.17, 15) is 4.79 Å². The van der Waals surface area contributed by atoms with Crippen LogP contribution in [0.1, 0.15) is 30.7 Å². The zero-order valence-corrected chi connectivity index (χ0v) is 19.0. The Hall–Kier alpha value is -2.83. The number of piperidine rings is 1. The Labute approximate surface area is 193 Å². The van der Waals surface area contributed by atoms with E-state index in [-0.39, 0.29) is 11.9 Å². The van der Waals surface area contributed by atoms with Gasteiger partial charge in [0.05, 0.1) is 18.3 Å². The van der Waals surface area contributed by atoms with Gasteiger partial charge in [-0.15, -0.1) is 0 Å². The van der Waals surface area contributed by atoms with E-state index < -0.39 is 0 Å². The molecule has 1 aliphatic rings. The van der Waals surface area contributed by atoms with Gasteiger partial charge in [0, 0.05) is 49.6 Å². The van der Waals surface area contributed by atoms with Gasteiger partial charge in [-0.1, -0.05) is 41.9 Å².